The third-order valence-electron chi connectivity index (χ3n) is 9.76. The summed E-state index contributed by atoms with van der Waals surface area (Å²) in [4.78, 5) is 12.3. The van der Waals surface area contributed by atoms with Gasteiger partial charge in [-0.05, 0) is 109 Å². The molecule has 0 N–H and O–H groups in total. The van der Waals surface area contributed by atoms with Crippen LogP contribution in [-0.4, -0.2) is 20.2 Å². The molecule has 44 heavy (non-hydrogen) atoms. The third-order valence-corrected chi connectivity index (χ3v) is 9.76. The highest BCUT2D eigenvalue weighted by molar-refractivity contribution is 6.04. The number of fused-ring (bicyclic) bond motifs is 1. The van der Waals surface area contributed by atoms with Gasteiger partial charge < -0.3 is 9.47 Å². The maximum absolute atomic E-state index is 14.4. The Bertz CT molecular complexity index is 1710. The monoisotopic (exact) mass is 588 g/mol. The van der Waals surface area contributed by atoms with E-state index >= 15 is 0 Å². The average Bonchev–Trinajstić information content (AvgIpc) is 3.32. The minimum Gasteiger partial charge on any atom is -0.341 e. The molecule has 2 aromatic carbocycles. The Balaban J connectivity index is 1.18. The van der Waals surface area contributed by atoms with Gasteiger partial charge in [-0.25, -0.2) is 9.37 Å². The standard InChI is InChI=1S/C39H45FN4/c1-6-27(3)32-16-18-37-38(23-32)44(24-28(4)30-9-7-10-30)39(42-37)25-43-20-19-33(22-29(43)5)36-12-8-11-34(41-36)17-15-31-14-13-26(2)21-35(31)40/h11,13-14,16,18-23,28,30H,3,5-10,12,15,17,24-25H2,1-2,4H3/t28-/m1/s1. The highest BCUT2D eigenvalue weighted by Crippen LogP contribution is 2.35. The Morgan fingerprint density at radius 2 is 1.98 bits per heavy atom. The summed E-state index contributed by atoms with van der Waals surface area (Å²) in [5.41, 5.74) is 10.4. The zero-order valence-corrected chi connectivity index (χ0v) is 26.6. The fourth-order valence-electron chi connectivity index (χ4n) is 6.56. The summed E-state index contributed by atoms with van der Waals surface area (Å²) in [6.07, 6.45) is 16.8. The minimum atomic E-state index is -0.127. The minimum absolute atomic E-state index is 0.127. The molecule has 0 spiro atoms. The summed E-state index contributed by atoms with van der Waals surface area (Å²) < 4.78 is 16.8. The number of aliphatic imine (C=N–C) groups is 1. The van der Waals surface area contributed by atoms with Crippen LogP contribution in [0.15, 0.2) is 95.9 Å². The predicted molar refractivity (Wildman–Crippen MR) is 182 cm³/mol. The Kier molecular flexibility index (Phi) is 8.83. The zero-order valence-electron chi connectivity index (χ0n) is 26.6. The Morgan fingerprint density at radius 1 is 1.14 bits per heavy atom. The summed E-state index contributed by atoms with van der Waals surface area (Å²) in [5.74, 6) is 2.35. The number of hydrogen-bond donors (Lipinski definition) is 0. The molecule has 5 heteroatoms. The molecule has 0 radical (unpaired) electrons. The van der Waals surface area contributed by atoms with Gasteiger partial charge in [-0.3, -0.25) is 4.99 Å². The van der Waals surface area contributed by atoms with Gasteiger partial charge >= 0.3 is 0 Å². The lowest BCUT2D eigenvalue weighted by atomic mass is 9.76. The van der Waals surface area contributed by atoms with Crippen molar-refractivity contribution in [2.75, 3.05) is 0 Å². The topological polar surface area (TPSA) is 33.4 Å². The average molecular weight is 589 g/mol. The van der Waals surface area contributed by atoms with Crippen LogP contribution in [0.25, 0.3) is 16.6 Å². The van der Waals surface area contributed by atoms with Crippen molar-refractivity contribution >= 4 is 22.3 Å². The number of hydrogen-bond acceptors (Lipinski definition) is 3. The molecule has 6 rings (SSSR count). The van der Waals surface area contributed by atoms with Crippen LogP contribution in [-0.2, 0) is 19.5 Å². The molecular weight excluding hydrogens is 543 g/mol. The number of rotatable bonds is 11. The normalized spacial score (nSPS) is 17.8. The number of allylic oxidation sites excluding steroid dienone is 6. The van der Waals surface area contributed by atoms with Crippen LogP contribution in [0.3, 0.4) is 0 Å². The predicted octanol–water partition coefficient (Wildman–Crippen LogP) is 9.86. The second-order valence-corrected chi connectivity index (χ2v) is 12.9. The van der Waals surface area contributed by atoms with E-state index in [0.717, 1.165) is 88.9 Å². The van der Waals surface area contributed by atoms with Crippen LogP contribution < -0.4 is 0 Å². The number of aromatic nitrogens is 2. The largest absolute Gasteiger partial charge is 0.341 e. The smallest absolute Gasteiger partial charge is 0.129 e. The molecule has 228 valence electrons. The Labute approximate surface area is 262 Å². The molecule has 0 amide bonds. The summed E-state index contributed by atoms with van der Waals surface area (Å²) in [7, 11) is 0. The van der Waals surface area contributed by atoms with E-state index in [-0.39, 0.29) is 5.82 Å². The molecule has 3 heterocycles. The molecule has 3 aliphatic rings. The number of nitrogens with zero attached hydrogens (tertiary/aromatic N) is 4. The second kappa shape index (κ2) is 12.9. The van der Waals surface area contributed by atoms with Crippen LogP contribution in [0.5, 0.6) is 0 Å². The van der Waals surface area contributed by atoms with E-state index in [4.69, 9.17) is 9.98 Å². The number of halogens is 1. The van der Waals surface area contributed by atoms with Crippen molar-refractivity contribution in [1.29, 1.82) is 0 Å². The maximum Gasteiger partial charge on any atom is 0.129 e. The first-order valence-electron chi connectivity index (χ1n) is 16.3. The van der Waals surface area contributed by atoms with Gasteiger partial charge in [-0.1, -0.05) is 70.5 Å². The van der Waals surface area contributed by atoms with E-state index in [1.165, 1.54) is 30.3 Å². The lowest BCUT2D eigenvalue weighted by Crippen LogP contribution is -2.26. The fourth-order valence-corrected chi connectivity index (χ4v) is 6.56. The molecular formula is C39H45FN4. The first-order chi connectivity index (χ1) is 21.3. The van der Waals surface area contributed by atoms with Crippen molar-refractivity contribution < 1.29 is 4.39 Å². The molecule has 2 aliphatic heterocycles. The van der Waals surface area contributed by atoms with E-state index in [1.54, 1.807) is 6.07 Å². The molecule has 0 bridgehead atoms. The van der Waals surface area contributed by atoms with Crippen molar-refractivity contribution in [3.05, 3.63) is 119 Å². The number of imidazole rings is 1. The van der Waals surface area contributed by atoms with Gasteiger partial charge in [-0.15, -0.1) is 0 Å². The van der Waals surface area contributed by atoms with Gasteiger partial charge in [0.1, 0.15) is 11.6 Å². The molecule has 1 aromatic heterocycles. The van der Waals surface area contributed by atoms with E-state index in [0.29, 0.717) is 18.9 Å². The number of aryl methyl sites for hydroxylation is 2. The van der Waals surface area contributed by atoms with Crippen molar-refractivity contribution in [1.82, 2.24) is 14.5 Å². The van der Waals surface area contributed by atoms with Gasteiger partial charge in [0.25, 0.3) is 0 Å². The molecule has 4 nitrogen and oxygen atoms in total. The molecule has 1 saturated carbocycles. The lowest BCUT2D eigenvalue weighted by Gasteiger charge is -2.32. The fraction of sp³-hybridized carbons (Fsp3) is 0.385. The molecule has 3 aromatic rings. The SMILES string of the molecule is C=C(CC)c1ccc2nc(CN3C=CC(C4=NC(CCc5ccc(C)cc5F)=CCC4)=CC3=C)n(C[C@@H](C)C3CCC3)c2c1. The first kappa shape index (κ1) is 30.1. The van der Waals surface area contributed by atoms with Crippen molar-refractivity contribution in [3.63, 3.8) is 0 Å². The quantitative estimate of drug-likeness (QED) is 0.223. The number of benzene rings is 2. The lowest BCUT2D eigenvalue weighted by molar-refractivity contribution is 0.200. The second-order valence-electron chi connectivity index (χ2n) is 12.9. The summed E-state index contributed by atoms with van der Waals surface area (Å²) in [5, 5.41) is 0. The molecule has 1 aliphatic carbocycles. The summed E-state index contributed by atoms with van der Waals surface area (Å²) in [6.45, 7) is 16.8. The van der Waals surface area contributed by atoms with Crippen LogP contribution in [0.1, 0.15) is 81.3 Å². The van der Waals surface area contributed by atoms with Gasteiger partial charge in [0.15, 0.2) is 0 Å². The Hall–Kier alpha value is -3.99. The van der Waals surface area contributed by atoms with Crippen LogP contribution in [0.2, 0.25) is 0 Å². The molecule has 0 unspecified atom stereocenters. The zero-order chi connectivity index (χ0) is 30.8. The van der Waals surface area contributed by atoms with Gasteiger partial charge in [0.05, 0.1) is 17.6 Å². The first-order valence-corrected chi connectivity index (χ1v) is 16.3. The third kappa shape index (κ3) is 6.43. The van der Waals surface area contributed by atoms with E-state index in [2.05, 4.69) is 79.1 Å². The summed E-state index contributed by atoms with van der Waals surface area (Å²) >= 11 is 0. The summed E-state index contributed by atoms with van der Waals surface area (Å²) in [6, 6.07) is 12.1. The molecule has 0 saturated heterocycles. The van der Waals surface area contributed by atoms with E-state index in [9.17, 15) is 4.39 Å². The van der Waals surface area contributed by atoms with Gasteiger partial charge in [-0.2, -0.15) is 0 Å². The van der Waals surface area contributed by atoms with Crippen LogP contribution >= 0.6 is 0 Å². The molecule has 1 atom stereocenters. The van der Waals surface area contributed by atoms with Crippen LogP contribution in [0, 0.1) is 24.6 Å². The molecule has 1 fully saturated rings. The van der Waals surface area contributed by atoms with Crippen LogP contribution in [0.4, 0.5) is 4.39 Å². The maximum atomic E-state index is 14.4. The Morgan fingerprint density at radius 3 is 2.70 bits per heavy atom. The van der Waals surface area contributed by atoms with Crippen molar-refractivity contribution in [2.45, 2.75) is 85.2 Å². The van der Waals surface area contributed by atoms with Gasteiger partial charge in [0, 0.05) is 29.9 Å². The van der Waals surface area contributed by atoms with E-state index < -0.39 is 0 Å². The highest BCUT2D eigenvalue weighted by atomic mass is 19.1. The van der Waals surface area contributed by atoms with Crippen molar-refractivity contribution in [2.24, 2.45) is 16.8 Å². The highest BCUT2D eigenvalue weighted by Gasteiger charge is 2.26. The van der Waals surface area contributed by atoms with Crippen molar-refractivity contribution in [3.8, 4) is 0 Å². The van der Waals surface area contributed by atoms with Gasteiger partial charge in [0.2, 0.25) is 0 Å². The van der Waals surface area contributed by atoms with E-state index in [1.807, 2.05) is 19.1 Å².